The van der Waals surface area contributed by atoms with E-state index in [1.54, 1.807) is 47.7 Å². The zero-order chi connectivity index (χ0) is 20.1. The number of carbonyl (C=O) groups excluding carboxylic acids is 1. The van der Waals surface area contributed by atoms with Gasteiger partial charge in [0.25, 0.3) is 15.9 Å². The maximum atomic E-state index is 12.9. The Morgan fingerprint density at radius 1 is 1.11 bits per heavy atom. The zero-order valence-corrected chi connectivity index (χ0v) is 17.5. The molecule has 3 aromatic rings. The minimum Gasteiger partial charge on any atom is -0.352 e. The minimum absolute atomic E-state index is 0.0425. The Kier molecular flexibility index (Phi) is 6.39. The Morgan fingerprint density at radius 2 is 1.89 bits per heavy atom. The van der Waals surface area contributed by atoms with E-state index in [2.05, 4.69) is 5.32 Å². The van der Waals surface area contributed by atoms with Crippen LogP contribution in [0.15, 0.2) is 70.9 Å². The Balaban J connectivity index is 1.74. The molecule has 1 N–H and O–H groups in total. The second-order valence-corrected chi connectivity index (χ2v) is 9.50. The maximum absolute atomic E-state index is 12.9. The summed E-state index contributed by atoms with van der Waals surface area (Å²) < 4.78 is 27.0. The van der Waals surface area contributed by atoms with Crippen LogP contribution in [0.4, 0.5) is 5.69 Å². The summed E-state index contributed by atoms with van der Waals surface area (Å²) in [6.45, 7) is 0.485. The van der Waals surface area contributed by atoms with E-state index in [1.165, 1.54) is 24.1 Å². The van der Waals surface area contributed by atoms with E-state index < -0.39 is 10.0 Å². The molecule has 0 aliphatic rings. The molecule has 0 saturated heterocycles. The van der Waals surface area contributed by atoms with Gasteiger partial charge in [0.1, 0.15) is 0 Å². The number of hydrogen-bond acceptors (Lipinski definition) is 4. The second-order valence-electron chi connectivity index (χ2n) is 6.07. The number of nitrogens with zero attached hydrogens (tertiary/aromatic N) is 1. The first-order chi connectivity index (χ1) is 13.4. The molecular weight excluding hydrogens is 416 g/mol. The van der Waals surface area contributed by atoms with Gasteiger partial charge in [-0.05, 0) is 54.3 Å². The molecule has 0 saturated carbocycles. The molecule has 8 heteroatoms. The number of thiophene rings is 1. The average molecular weight is 435 g/mol. The predicted octanol–water partition coefficient (Wildman–Crippen LogP) is 4.20. The molecule has 0 aliphatic carbocycles. The average Bonchev–Trinajstić information content (AvgIpc) is 3.21. The summed E-state index contributed by atoms with van der Waals surface area (Å²) in [6.07, 6.45) is 0.735. The first-order valence-corrected chi connectivity index (χ1v) is 11.2. The molecule has 28 heavy (non-hydrogen) atoms. The lowest BCUT2D eigenvalue weighted by Gasteiger charge is -2.20. The number of nitrogens with one attached hydrogen (secondary N) is 1. The highest BCUT2D eigenvalue weighted by molar-refractivity contribution is 7.92. The Morgan fingerprint density at radius 3 is 2.61 bits per heavy atom. The number of sulfonamides is 1. The van der Waals surface area contributed by atoms with Crippen LogP contribution >= 0.6 is 22.9 Å². The van der Waals surface area contributed by atoms with Crippen molar-refractivity contribution in [2.75, 3.05) is 17.9 Å². The Labute approximate surface area is 173 Å². The molecule has 0 spiro atoms. The fourth-order valence-corrected chi connectivity index (χ4v) is 4.75. The van der Waals surface area contributed by atoms with Gasteiger partial charge < -0.3 is 5.32 Å². The quantitative estimate of drug-likeness (QED) is 0.606. The molecule has 1 aromatic heterocycles. The van der Waals surface area contributed by atoms with E-state index in [0.717, 1.165) is 10.7 Å². The smallest absolute Gasteiger partial charge is 0.264 e. The number of benzene rings is 2. The third kappa shape index (κ3) is 4.73. The number of carbonyl (C=O) groups is 1. The van der Waals surface area contributed by atoms with E-state index in [0.29, 0.717) is 22.8 Å². The van der Waals surface area contributed by atoms with Crippen molar-refractivity contribution < 1.29 is 13.2 Å². The van der Waals surface area contributed by atoms with Crippen LogP contribution in [0, 0.1) is 0 Å². The van der Waals surface area contributed by atoms with Gasteiger partial charge in [-0.3, -0.25) is 9.10 Å². The van der Waals surface area contributed by atoms with Crippen molar-refractivity contribution >= 4 is 44.6 Å². The summed E-state index contributed by atoms with van der Waals surface area (Å²) in [7, 11) is -2.37. The Bertz CT molecular complexity index is 1070. The lowest BCUT2D eigenvalue weighted by atomic mass is 10.2. The standard InChI is InChI=1S/C20H19ClN2O3S2/c1-23(17-7-3-6-16(21)14-17)28(25,26)19-9-2-5-15(13-19)20(24)22-11-10-18-8-4-12-27-18/h2-9,12-14H,10-11H2,1H3,(H,22,24). The van der Waals surface area contributed by atoms with Crippen molar-refractivity contribution in [1.82, 2.24) is 5.32 Å². The van der Waals surface area contributed by atoms with Gasteiger partial charge in [0, 0.05) is 29.1 Å². The van der Waals surface area contributed by atoms with Crippen LogP contribution in [0.3, 0.4) is 0 Å². The first-order valence-electron chi connectivity index (χ1n) is 8.53. The molecule has 0 atom stereocenters. The van der Waals surface area contributed by atoms with Crippen molar-refractivity contribution in [2.24, 2.45) is 0 Å². The number of halogens is 1. The van der Waals surface area contributed by atoms with Crippen molar-refractivity contribution in [3.8, 4) is 0 Å². The van der Waals surface area contributed by atoms with Crippen LogP contribution in [-0.4, -0.2) is 27.9 Å². The van der Waals surface area contributed by atoms with Gasteiger partial charge in [-0.1, -0.05) is 29.8 Å². The van der Waals surface area contributed by atoms with E-state index in [-0.39, 0.29) is 10.8 Å². The van der Waals surface area contributed by atoms with Gasteiger partial charge in [0.05, 0.1) is 10.6 Å². The molecular formula is C20H19ClN2O3S2. The van der Waals surface area contributed by atoms with Crippen LogP contribution in [-0.2, 0) is 16.4 Å². The van der Waals surface area contributed by atoms with Crippen LogP contribution < -0.4 is 9.62 Å². The summed E-state index contributed by atoms with van der Waals surface area (Å²) in [5.74, 6) is -0.306. The highest BCUT2D eigenvalue weighted by Crippen LogP contribution is 2.25. The molecule has 0 unspecified atom stereocenters. The van der Waals surface area contributed by atoms with Crippen molar-refractivity contribution in [2.45, 2.75) is 11.3 Å². The highest BCUT2D eigenvalue weighted by atomic mass is 35.5. The lowest BCUT2D eigenvalue weighted by molar-refractivity contribution is 0.0954. The summed E-state index contributed by atoms with van der Waals surface area (Å²) in [5, 5.41) is 5.26. The van der Waals surface area contributed by atoms with E-state index in [4.69, 9.17) is 11.6 Å². The summed E-state index contributed by atoms with van der Waals surface area (Å²) in [5.41, 5.74) is 0.741. The molecule has 3 rings (SSSR count). The van der Waals surface area contributed by atoms with Gasteiger partial charge in [0.15, 0.2) is 0 Å². The third-order valence-electron chi connectivity index (χ3n) is 4.16. The van der Waals surface area contributed by atoms with Crippen molar-refractivity contribution in [3.63, 3.8) is 0 Å². The largest absolute Gasteiger partial charge is 0.352 e. The molecule has 2 aromatic carbocycles. The van der Waals surface area contributed by atoms with E-state index in [1.807, 2.05) is 17.5 Å². The number of anilines is 1. The Hall–Kier alpha value is -2.35. The van der Waals surface area contributed by atoms with Crippen molar-refractivity contribution in [3.05, 3.63) is 81.5 Å². The normalized spacial score (nSPS) is 11.2. The lowest BCUT2D eigenvalue weighted by Crippen LogP contribution is -2.28. The third-order valence-corrected chi connectivity index (χ3v) is 7.12. The van der Waals surface area contributed by atoms with E-state index >= 15 is 0 Å². The summed E-state index contributed by atoms with van der Waals surface area (Å²) >= 11 is 7.60. The van der Waals surface area contributed by atoms with Crippen molar-refractivity contribution in [1.29, 1.82) is 0 Å². The monoisotopic (exact) mass is 434 g/mol. The zero-order valence-electron chi connectivity index (χ0n) is 15.1. The van der Waals surface area contributed by atoms with Gasteiger partial charge in [-0.25, -0.2) is 8.42 Å². The van der Waals surface area contributed by atoms with Gasteiger partial charge >= 0.3 is 0 Å². The fraction of sp³-hybridized carbons (Fsp3) is 0.150. The first kappa shape index (κ1) is 20.4. The molecule has 146 valence electrons. The molecule has 0 fully saturated rings. The fourth-order valence-electron chi connectivity index (χ4n) is 2.62. The SMILES string of the molecule is CN(c1cccc(Cl)c1)S(=O)(=O)c1cccc(C(=O)NCCc2cccs2)c1. The van der Waals surface area contributed by atoms with Crippen LogP contribution in [0.1, 0.15) is 15.2 Å². The number of rotatable bonds is 7. The van der Waals surface area contributed by atoms with Crippen LogP contribution in [0.2, 0.25) is 5.02 Å². The molecule has 0 radical (unpaired) electrons. The van der Waals surface area contributed by atoms with Gasteiger partial charge in [0.2, 0.25) is 0 Å². The van der Waals surface area contributed by atoms with Gasteiger partial charge in [-0.2, -0.15) is 0 Å². The summed E-state index contributed by atoms with van der Waals surface area (Å²) in [6, 6.07) is 16.6. The molecule has 1 heterocycles. The van der Waals surface area contributed by atoms with Gasteiger partial charge in [-0.15, -0.1) is 11.3 Å². The molecule has 0 aliphatic heterocycles. The van der Waals surface area contributed by atoms with Crippen LogP contribution in [0.5, 0.6) is 0 Å². The molecule has 1 amide bonds. The minimum atomic E-state index is -3.82. The van der Waals surface area contributed by atoms with Crippen LogP contribution in [0.25, 0.3) is 0 Å². The maximum Gasteiger partial charge on any atom is 0.264 e. The predicted molar refractivity (Wildman–Crippen MR) is 114 cm³/mol. The van der Waals surface area contributed by atoms with E-state index in [9.17, 15) is 13.2 Å². The second kappa shape index (κ2) is 8.77. The highest BCUT2D eigenvalue weighted by Gasteiger charge is 2.22. The molecule has 0 bridgehead atoms. The summed E-state index contributed by atoms with van der Waals surface area (Å²) in [4.78, 5) is 13.6. The topological polar surface area (TPSA) is 66.5 Å². The number of amides is 1. The molecule has 5 nitrogen and oxygen atoms in total. The number of hydrogen-bond donors (Lipinski definition) is 1.